The number of hydrogen-bond acceptors (Lipinski definition) is 2. The molecule has 3 N–H and O–H groups in total. The summed E-state index contributed by atoms with van der Waals surface area (Å²) in [7, 11) is 0. The Labute approximate surface area is 107 Å². The maximum Gasteiger partial charge on any atom is 1.00 e. The molecule has 0 aromatic heterocycles. The molecule has 4 nitrogen and oxygen atoms in total. The van der Waals surface area contributed by atoms with Gasteiger partial charge in [-0.05, 0) is 6.42 Å². The predicted octanol–water partition coefficient (Wildman–Crippen LogP) is -1.85. The molecule has 0 aliphatic heterocycles. The fourth-order valence-corrected chi connectivity index (χ4v) is 0.344. The Kier molecular flexibility index (Phi) is 21.8. The number of primary amides is 1. The predicted molar refractivity (Wildman–Crippen MR) is 52.4 cm³/mol. The number of carbonyl (C=O) groups is 2. The molecule has 0 heterocycles. The minimum Gasteiger partial charge on any atom is -1.00 e. The minimum atomic E-state index is -0.639. The summed E-state index contributed by atoms with van der Waals surface area (Å²) in [5.41, 5.74) is 4.34. The third-order valence-electron chi connectivity index (χ3n) is 0.526. The van der Waals surface area contributed by atoms with Crippen molar-refractivity contribution >= 4 is 35.7 Å². The summed E-state index contributed by atoms with van der Waals surface area (Å²) in [4.78, 5) is 19.0. The Morgan fingerprint density at radius 1 is 1.50 bits per heavy atom. The van der Waals surface area contributed by atoms with Gasteiger partial charge < -0.3 is 12.5 Å². The summed E-state index contributed by atoms with van der Waals surface area (Å²) in [5, 5.41) is 1.63. The fraction of sp³-hybridized carbons (Fsp3) is 0.600. The van der Waals surface area contributed by atoms with E-state index in [2.05, 4.69) is 36.3 Å². The van der Waals surface area contributed by atoms with Gasteiger partial charge in [0.05, 0.1) is 0 Å². The summed E-state index contributed by atoms with van der Waals surface area (Å²) in [5.74, 6) is 0. The molecule has 0 unspecified atom stereocenters. The third kappa shape index (κ3) is 45.9. The summed E-state index contributed by atoms with van der Waals surface area (Å²) in [6, 6.07) is 0. The second-order valence-corrected chi connectivity index (χ2v) is 2.42. The summed E-state index contributed by atoms with van der Waals surface area (Å²) < 4.78 is 0. The van der Waals surface area contributed by atoms with Crippen LogP contribution < -0.4 is 40.6 Å². The van der Waals surface area contributed by atoms with E-state index >= 15 is 0 Å². The summed E-state index contributed by atoms with van der Waals surface area (Å²) in [6.45, 7) is 2.71. The largest absolute Gasteiger partial charge is 1.00 e. The average Bonchev–Trinajstić information content (AvgIpc) is 1.82. The van der Waals surface area contributed by atoms with E-state index in [0.29, 0.717) is 0 Å². The minimum absolute atomic E-state index is 0. The molecule has 0 bridgehead atoms. The van der Waals surface area contributed by atoms with E-state index in [1.165, 1.54) is 0 Å². The molecule has 0 rings (SSSR count). The molecule has 0 atom stereocenters. The Hall–Kier alpha value is 0.640. The van der Waals surface area contributed by atoms with Crippen LogP contribution in [0.25, 0.3) is 0 Å². The number of carbonyl (C=O) groups excluding carboxylic acids is 2. The van der Waals surface area contributed by atoms with Gasteiger partial charge in [0, 0.05) is 6.54 Å². The Balaban J connectivity index is -0.0000000600. The van der Waals surface area contributed by atoms with Crippen LogP contribution in [0.5, 0.6) is 0 Å². The number of amides is 2. The van der Waals surface area contributed by atoms with Crippen molar-refractivity contribution in [1.82, 2.24) is 5.32 Å². The van der Waals surface area contributed by atoms with Crippen LogP contribution in [0.15, 0.2) is 0 Å². The van der Waals surface area contributed by atoms with Crippen molar-refractivity contribution in [3.05, 3.63) is 0 Å². The van der Waals surface area contributed by atoms with Crippen LogP contribution in [0.4, 0.5) is 9.59 Å². The standard InChI is InChI=1S/C4H9NOS.CH3NOS.Na.H/c1-2-3-5-4(6)7;2-1(3)4;;/h2-3H2,1H3,(H2,5,6,7);(H3,2,3,4);;/q;;+1;-1. The van der Waals surface area contributed by atoms with Gasteiger partial charge >= 0.3 is 29.6 Å². The molecule has 12 heavy (non-hydrogen) atoms. The molecule has 0 aliphatic rings. The van der Waals surface area contributed by atoms with Crippen molar-refractivity contribution in [3.8, 4) is 0 Å². The van der Waals surface area contributed by atoms with Crippen LogP contribution in [0, 0.1) is 0 Å². The molecule has 68 valence electrons. The molecule has 0 saturated heterocycles. The SMILES string of the molecule is CCCNC(=O)S.NC(=O)S.[H-].[Na+]. The van der Waals surface area contributed by atoms with Crippen LogP contribution in [-0.2, 0) is 0 Å². The van der Waals surface area contributed by atoms with Crippen molar-refractivity contribution in [2.24, 2.45) is 5.73 Å². The second-order valence-electron chi connectivity index (χ2n) is 1.57. The first-order valence-electron chi connectivity index (χ1n) is 2.95. The smallest absolute Gasteiger partial charge is 1.00 e. The maximum atomic E-state index is 9.96. The molecule has 0 aromatic rings. The molecule has 7 heteroatoms. The number of nitrogens with one attached hydrogen (secondary N) is 1. The zero-order chi connectivity index (χ0) is 9.28. The van der Waals surface area contributed by atoms with Crippen LogP contribution in [-0.4, -0.2) is 17.0 Å². The van der Waals surface area contributed by atoms with Crippen LogP contribution in [0.2, 0.25) is 0 Å². The summed E-state index contributed by atoms with van der Waals surface area (Å²) >= 11 is 6.59. The van der Waals surface area contributed by atoms with Gasteiger partial charge in [-0.15, -0.1) is 0 Å². The Bertz CT molecular complexity index is 136. The molecule has 0 spiro atoms. The van der Waals surface area contributed by atoms with Gasteiger partial charge in [-0.1, -0.05) is 32.2 Å². The van der Waals surface area contributed by atoms with Crippen molar-refractivity contribution in [1.29, 1.82) is 0 Å². The van der Waals surface area contributed by atoms with Gasteiger partial charge in [0.2, 0.25) is 0 Å². The fourth-order valence-electron chi connectivity index (χ4n) is 0.232. The van der Waals surface area contributed by atoms with Gasteiger partial charge in [-0.3, -0.25) is 9.59 Å². The van der Waals surface area contributed by atoms with Gasteiger partial charge in [0.15, 0.2) is 0 Å². The zero-order valence-corrected chi connectivity index (χ0v) is 11.0. The molecule has 2 amide bonds. The molecule has 0 saturated carbocycles. The Morgan fingerprint density at radius 2 is 1.83 bits per heavy atom. The molecular weight excluding hydrogens is 207 g/mol. The maximum absolute atomic E-state index is 9.96. The number of thiol groups is 2. The van der Waals surface area contributed by atoms with Crippen LogP contribution in [0.1, 0.15) is 14.8 Å². The van der Waals surface area contributed by atoms with Gasteiger partial charge in [0.1, 0.15) is 0 Å². The number of nitrogens with two attached hydrogens (primary N) is 1. The van der Waals surface area contributed by atoms with Crippen LogP contribution in [0.3, 0.4) is 0 Å². The second kappa shape index (κ2) is 14.2. The summed E-state index contributed by atoms with van der Waals surface area (Å²) in [6.07, 6.45) is 0.965. The van der Waals surface area contributed by atoms with Gasteiger partial charge in [-0.25, -0.2) is 0 Å². The number of hydrogen-bond donors (Lipinski definition) is 4. The third-order valence-corrected chi connectivity index (χ3v) is 0.684. The molecular formula is C5H13N2NaO2S2. The molecule has 0 radical (unpaired) electrons. The van der Waals surface area contributed by atoms with Crippen molar-refractivity contribution in [3.63, 3.8) is 0 Å². The molecule has 0 aliphatic carbocycles. The first-order valence-corrected chi connectivity index (χ1v) is 3.85. The van der Waals surface area contributed by atoms with Crippen molar-refractivity contribution in [2.75, 3.05) is 6.54 Å². The topological polar surface area (TPSA) is 72.2 Å². The van der Waals surface area contributed by atoms with E-state index in [0.717, 1.165) is 13.0 Å². The van der Waals surface area contributed by atoms with E-state index in [1.54, 1.807) is 0 Å². The first-order chi connectivity index (χ1) is 5.00. The van der Waals surface area contributed by atoms with Gasteiger partial charge in [-0.2, -0.15) is 0 Å². The van der Waals surface area contributed by atoms with Crippen molar-refractivity contribution in [2.45, 2.75) is 13.3 Å². The van der Waals surface area contributed by atoms with E-state index in [-0.39, 0.29) is 36.2 Å². The molecule has 0 aromatic carbocycles. The Morgan fingerprint density at radius 3 is 1.92 bits per heavy atom. The quantitative estimate of drug-likeness (QED) is 0.326. The number of rotatable bonds is 2. The zero-order valence-electron chi connectivity index (χ0n) is 8.20. The van der Waals surface area contributed by atoms with E-state index in [4.69, 9.17) is 4.79 Å². The monoisotopic (exact) mass is 220 g/mol. The van der Waals surface area contributed by atoms with E-state index in [1.807, 2.05) is 6.92 Å². The normalized spacial score (nSPS) is 6.92. The average molecular weight is 220 g/mol. The van der Waals surface area contributed by atoms with E-state index < -0.39 is 5.24 Å². The van der Waals surface area contributed by atoms with Crippen LogP contribution >= 0.6 is 25.3 Å². The first kappa shape index (κ1) is 18.4. The van der Waals surface area contributed by atoms with Gasteiger partial charge in [0.25, 0.3) is 10.5 Å². The van der Waals surface area contributed by atoms with Crippen molar-refractivity contribution < 1.29 is 40.6 Å². The van der Waals surface area contributed by atoms with E-state index in [9.17, 15) is 4.79 Å². The molecule has 0 fully saturated rings.